The maximum Gasteiger partial charge on any atom is 0.363 e. The average Bonchev–Trinajstić information content (AvgIpc) is 3.03. The molecule has 0 aromatic carbocycles. The van der Waals surface area contributed by atoms with E-state index >= 15 is 0 Å². The second-order valence-electron chi connectivity index (χ2n) is 5.81. The summed E-state index contributed by atoms with van der Waals surface area (Å²) in [4.78, 5) is 27.2. The van der Waals surface area contributed by atoms with Crippen molar-refractivity contribution in [2.24, 2.45) is 7.05 Å². The molecule has 25 heavy (non-hydrogen) atoms. The highest BCUT2D eigenvalue weighted by Gasteiger charge is 2.22. The smallest absolute Gasteiger partial charge is 0.363 e. The van der Waals surface area contributed by atoms with Crippen molar-refractivity contribution in [2.75, 3.05) is 36.0 Å². The Morgan fingerprint density at radius 2 is 1.80 bits per heavy atom. The highest BCUT2D eigenvalue weighted by Crippen LogP contribution is 2.25. The normalized spacial score (nSPS) is 14.9. The van der Waals surface area contributed by atoms with Crippen LogP contribution in [0.2, 0.25) is 0 Å². The van der Waals surface area contributed by atoms with Gasteiger partial charge in [-0.15, -0.1) is 0 Å². The molecular weight excluding hydrogens is 324 g/mol. The zero-order valence-electron chi connectivity index (χ0n) is 13.6. The Morgan fingerprint density at radius 3 is 2.48 bits per heavy atom. The molecule has 0 radical (unpaired) electrons. The predicted molar refractivity (Wildman–Crippen MR) is 91.6 cm³/mol. The van der Waals surface area contributed by atoms with Crippen molar-refractivity contribution >= 4 is 28.4 Å². The van der Waals surface area contributed by atoms with E-state index in [4.69, 9.17) is 0 Å². The van der Waals surface area contributed by atoms with Gasteiger partial charge in [-0.3, -0.25) is 4.68 Å². The molecule has 4 rings (SSSR count). The second kappa shape index (κ2) is 5.96. The predicted octanol–water partition coefficient (Wildman–Crippen LogP) is 0.993. The van der Waals surface area contributed by atoms with Gasteiger partial charge >= 0.3 is 5.82 Å². The van der Waals surface area contributed by atoms with E-state index in [1.807, 2.05) is 7.05 Å². The molecule has 10 heteroatoms. The third-order valence-electron chi connectivity index (χ3n) is 4.37. The number of piperazine rings is 1. The second-order valence-corrected chi connectivity index (χ2v) is 5.81. The molecule has 0 saturated carbocycles. The standard InChI is InChI=1S/C15H16N8O2/c1-20-14-12(9-19-20)15(18-10-17-14)22-6-4-21(5-7-22)11-2-3-13(16-8-11)23(24)25/h2-3,8-10H,4-7H2,1H3. The molecule has 0 spiro atoms. The van der Waals surface area contributed by atoms with Gasteiger partial charge in [-0.2, -0.15) is 5.10 Å². The van der Waals surface area contributed by atoms with Crippen LogP contribution in [0.4, 0.5) is 17.3 Å². The minimum absolute atomic E-state index is 0.137. The fourth-order valence-corrected chi connectivity index (χ4v) is 3.05. The van der Waals surface area contributed by atoms with E-state index in [0.717, 1.165) is 48.7 Å². The minimum atomic E-state index is -0.490. The maximum absolute atomic E-state index is 10.7. The summed E-state index contributed by atoms with van der Waals surface area (Å²) >= 11 is 0. The Bertz CT molecular complexity index is 915. The Labute approximate surface area is 142 Å². The molecule has 0 N–H and O–H groups in total. The highest BCUT2D eigenvalue weighted by atomic mass is 16.6. The zero-order valence-corrected chi connectivity index (χ0v) is 13.6. The molecule has 1 saturated heterocycles. The van der Waals surface area contributed by atoms with Gasteiger partial charge in [0, 0.05) is 39.3 Å². The number of aromatic nitrogens is 5. The SMILES string of the molecule is Cn1ncc2c(N3CCN(c4ccc([N+](=O)[O-])nc4)CC3)ncnc21. The summed E-state index contributed by atoms with van der Waals surface area (Å²) in [5.41, 5.74) is 1.70. The summed E-state index contributed by atoms with van der Waals surface area (Å²) < 4.78 is 1.74. The maximum atomic E-state index is 10.7. The molecule has 0 atom stereocenters. The number of aryl methyl sites for hydroxylation is 1. The van der Waals surface area contributed by atoms with E-state index in [-0.39, 0.29) is 5.82 Å². The topological polar surface area (TPSA) is 106 Å². The number of hydrogen-bond donors (Lipinski definition) is 0. The summed E-state index contributed by atoms with van der Waals surface area (Å²) in [5.74, 6) is 0.752. The van der Waals surface area contributed by atoms with Crippen LogP contribution in [0.25, 0.3) is 11.0 Å². The fraction of sp³-hybridized carbons (Fsp3) is 0.333. The Balaban J connectivity index is 1.50. The lowest BCUT2D eigenvalue weighted by atomic mass is 10.2. The highest BCUT2D eigenvalue weighted by molar-refractivity contribution is 5.86. The minimum Gasteiger partial charge on any atom is -0.365 e. The Hall–Kier alpha value is -3.30. The van der Waals surface area contributed by atoms with Crippen LogP contribution in [0, 0.1) is 10.1 Å². The van der Waals surface area contributed by atoms with E-state index in [1.54, 1.807) is 29.5 Å². The van der Waals surface area contributed by atoms with Crippen molar-refractivity contribution in [1.29, 1.82) is 0 Å². The number of nitro groups is 1. The third kappa shape index (κ3) is 2.71. The number of anilines is 2. The van der Waals surface area contributed by atoms with E-state index in [2.05, 4.69) is 29.9 Å². The first-order chi connectivity index (χ1) is 12.1. The molecule has 1 fully saturated rings. The molecule has 10 nitrogen and oxygen atoms in total. The average molecular weight is 340 g/mol. The van der Waals surface area contributed by atoms with E-state index in [0.29, 0.717) is 0 Å². The summed E-state index contributed by atoms with van der Waals surface area (Å²) in [7, 11) is 1.86. The van der Waals surface area contributed by atoms with Gasteiger partial charge in [0.1, 0.15) is 12.1 Å². The number of hydrogen-bond acceptors (Lipinski definition) is 8. The van der Waals surface area contributed by atoms with Crippen LogP contribution in [0.15, 0.2) is 30.9 Å². The fourth-order valence-electron chi connectivity index (χ4n) is 3.05. The van der Waals surface area contributed by atoms with Crippen molar-refractivity contribution in [2.45, 2.75) is 0 Å². The first kappa shape index (κ1) is 15.2. The van der Waals surface area contributed by atoms with Gasteiger partial charge in [0.05, 0.1) is 17.3 Å². The van der Waals surface area contributed by atoms with Crippen LogP contribution in [-0.2, 0) is 7.05 Å². The molecule has 1 aliphatic heterocycles. The number of fused-ring (bicyclic) bond motifs is 1. The number of rotatable bonds is 3. The molecular formula is C15H16N8O2. The largest absolute Gasteiger partial charge is 0.365 e. The molecule has 4 heterocycles. The zero-order chi connectivity index (χ0) is 17.4. The monoisotopic (exact) mass is 340 g/mol. The van der Waals surface area contributed by atoms with Gasteiger partial charge in [-0.1, -0.05) is 0 Å². The van der Waals surface area contributed by atoms with Crippen LogP contribution in [0.1, 0.15) is 0 Å². The van der Waals surface area contributed by atoms with Crippen molar-refractivity contribution in [3.8, 4) is 0 Å². The first-order valence-electron chi connectivity index (χ1n) is 7.86. The van der Waals surface area contributed by atoms with Gasteiger partial charge in [-0.25, -0.2) is 9.97 Å². The lowest BCUT2D eigenvalue weighted by molar-refractivity contribution is -0.389. The summed E-state index contributed by atoms with van der Waals surface area (Å²) in [5, 5.41) is 15.9. The summed E-state index contributed by atoms with van der Waals surface area (Å²) in [6.07, 6.45) is 4.90. The Kier molecular flexibility index (Phi) is 3.64. The molecule has 0 unspecified atom stereocenters. The van der Waals surface area contributed by atoms with Crippen LogP contribution >= 0.6 is 0 Å². The van der Waals surface area contributed by atoms with Crippen LogP contribution in [0.5, 0.6) is 0 Å². The lowest BCUT2D eigenvalue weighted by Gasteiger charge is -2.36. The molecule has 3 aromatic rings. The molecule has 1 aliphatic rings. The molecule has 3 aromatic heterocycles. The molecule has 128 valence electrons. The van der Waals surface area contributed by atoms with Gasteiger partial charge in [-0.05, 0) is 16.0 Å². The van der Waals surface area contributed by atoms with Crippen LogP contribution < -0.4 is 9.80 Å². The van der Waals surface area contributed by atoms with Crippen molar-refractivity contribution < 1.29 is 4.92 Å². The Morgan fingerprint density at radius 1 is 1.04 bits per heavy atom. The third-order valence-corrected chi connectivity index (χ3v) is 4.37. The van der Waals surface area contributed by atoms with Crippen molar-refractivity contribution in [1.82, 2.24) is 24.7 Å². The van der Waals surface area contributed by atoms with Crippen LogP contribution in [0.3, 0.4) is 0 Å². The molecule has 0 aliphatic carbocycles. The van der Waals surface area contributed by atoms with Crippen LogP contribution in [-0.4, -0.2) is 55.8 Å². The van der Waals surface area contributed by atoms with E-state index in [1.165, 1.54) is 6.07 Å². The number of nitrogens with zero attached hydrogens (tertiary/aromatic N) is 8. The van der Waals surface area contributed by atoms with Gasteiger partial charge in [0.2, 0.25) is 0 Å². The first-order valence-corrected chi connectivity index (χ1v) is 7.86. The quantitative estimate of drug-likeness (QED) is 0.513. The number of pyridine rings is 1. The van der Waals surface area contributed by atoms with Gasteiger partial charge < -0.3 is 19.9 Å². The molecule has 0 amide bonds. The summed E-state index contributed by atoms with van der Waals surface area (Å²) in [6, 6.07) is 3.18. The van der Waals surface area contributed by atoms with E-state index < -0.39 is 4.92 Å². The molecule has 0 bridgehead atoms. The summed E-state index contributed by atoms with van der Waals surface area (Å²) in [6.45, 7) is 3.15. The van der Waals surface area contributed by atoms with Gasteiger partial charge in [0.15, 0.2) is 11.8 Å². The van der Waals surface area contributed by atoms with Crippen molar-refractivity contribution in [3.63, 3.8) is 0 Å². The lowest BCUT2D eigenvalue weighted by Crippen LogP contribution is -2.47. The van der Waals surface area contributed by atoms with E-state index in [9.17, 15) is 10.1 Å². The van der Waals surface area contributed by atoms with Crippen molar-refractivity contribution in [3.05, 3.63) is 41.0 Å². The van der Waals surface area contributed by atoms with Gasteiger partial charge in [0.25, 0.3) is 0 Å².